The van der Waals surface area contributed by atoms with Gasteiger partial charge in [0.1, 0.15) is 5.75 Å². The molecule has 0 spiro atoms. The van der Waals surface area contributed by atoms with E-state index in [1.54, 1.807) is 6.07 Å². The number of carbonyl (C=O) groups is 2. The predicted octanol–water partition coefficient (Wildman–Crippen LogP) is 1.54. The molecule has 0 saturated carbocycles. The molecule has 7 heteroatoms. The Hall–Kier alpha value is -3.35. The Morgan fingerprint density at radius 1 is 1.28 bits per heavy atom. The molecule has 2 aromatic carbocycles. The number of phenols is 1. The van der Waals surface area contributed by atoms with Crippen molar-refractivity contribution in [1.29, 1.82) is 0 Å². The van der Waals surface area contributed by atoms with Gasteiger partial charge >= 0.3 is 0 Å². The van der Waals surface area contributed by atoms with Crippen molar-refractivity contribution in [2.24, 2.45) is 11.0 Å². The fourth-order valence-electron chi connectivity index (χ4n) is 2.70. The number of hydrazone groups is 1. The van der Waals surface area contributed by atoms with Gasteiger partial charge < -0.3 is 10.5 Å². The maximum Gasteiger partial charge on any atom is 0.247 e. The Morgan fingerprint density at radius 2 is 2.08 bits per heavy atom. The first-order chi connectivity index (χ1) is 12.1. The second-order valence-corrected chi connectivity index (χ2v) is 5.74. The van der Waals surface area contributed by atoms with E-state index in [0.717, 1.165) is 10.8 Å². The van der Waals surface area contributed by atoms with Crippen LogP contribution in [-0.2, 0) is 9.59 Å². The van der Waals surface area contributed by atoms with Gasteiger partial charge in [-0.05, 0) is 23.3 Å². The standard InChI is InChI=1S/C18H18N4O3/c1-11-13(18(25)22-20-11)7-9-17(24)21-19-10-15-14-5-3-2-4-12(14)6-8-16(15)23/h2-6,8,10,13,20,23H,1,7,9H2,(H,21,24)(H,22,25). The summed E-state index contributed by atoms with van der Waals surface area (Å²) in [4.78, 5) is 23.4. The number of rotatable bonds is 5. The lowest BCUT2D eigenvalue weighted by atomic mass is 10.0. The molecule has 128 valence electrons. The lowest BCUT2D eigenvalue weighted by molar-refractivity contribution is -0.123. The zero-order chi connectivity index (χ0) is 17.8. The summed E-state index contributed by atoms with van der Waals surface area (Å²) >= 11 is 0. The van der Waals surface area contributed by atoms with E-state index < -0.39 is 5.92 Å². The summed E-state index contributed by atoms with van der Waals surface area (Å²) in [5, 5.41) is 15.7. The lowest BCUT2D eigenvalue weighted by Gasteiger charge is -2.06. The van der Waals surface area contributed by atoms with Crippen LogP contribution in [0, 0.1) is 5.92 Å². The van der Waals surface area contributed by atoms with Gasteiger partial charge in [-0.25, -0.2) is 5.43 Å². The molecule has 1 fully saturated rings. The van der Waals surface area contributed by atoms with Crippen LogP contribution in [-0.4, -0.2) is 23.1 Å². The van der Waals surface area contributed by atoms with Crippen LogP contribution in [0.3, 0.4) is 0 Å². The Labute approximate surface area is 144 Å². The summed E-state index contributed by atoms with van der Waals surface area (Å²) in [5.41, 5.74) is 8.61. The van der Waals surface area contributed by atoms with Crippen LogP contribution in [0.1, 0.15) is 18.4 Å². The molecule has 1 aliphatic rings. The van der Waals surface area contributed by atoms with Crippen LogP contribution in [0.5, 0.6) is 5.75 Å². The number of hydrazine groups is 1. The highest BCUT2D eigenvalue weighted by atomic mass is 16.3. The molecule has 1 aliphatic heterocycles. The van der Waals surface area contributed by atoms with Crippen LogP contribution in [0.2, 0.25) is 0 Å². The SMILES string of the molecule is C=C1NNC(=O)C1CCC(=O)NN=Cc1c(O)ccc2ccccc12. The average Bonchev–Trinajstić information content (AvgIpc) is 2.93. The first-order valence-electron chi connectivity index (χ1n) is 7.83. The summed E-state index contributed by atoms with van der Waals surface area (Å²) in [5.74, 6) is -0.844. The normalized spacial score (nSPS) is 16.9. The largest absolute Gasteiger partial charge is 0.507 e. The van der Waals surface area contributed by atoms with Gasteiger partial charge in [-0.3, -0.25) is 15.0 Å². The van der Waals surface area contributed by atoms with Gasteiger partial charge in [0.05, 0.1) is 12.1 Å². The van der Waals surface area contributed by atoms with Gasteiger partial charge in [-0.1, -0.05) is 36.9 Å². The van der Waals surface area contributed by atoms with E-state index in [0.29, 0.717) is 17.7 Å². The smallest absolute Gasteiger partial charge is 0.247 e. The number of amides is 2. The van der Waals surface area contributed by atoms with Crippen molar-refractivity contribution in [2.75, 3.05) is 0 Å². The Bertz CT molecular complexity index is 860. The average molecular weight is 338 g/mol. The van der Waals surface area contributed by atoms with E-state index in [1.165, 1.54) is 6.21 Å². The van der Waals surface area contributed by atoms with Gasteiger partial charge in [0, 0.05) is 17.7 Å². The van der Waals surface area contributed by atoms with E-state index >= 15 is 0 Å². The molecule has 2 amide bonds. The number of aromatic hydroxyl groups is 1. The molecule has 1 saturated heterocycles. The molecule has 1 unspecified atom stereocenters. The van der Waals surface area contributed by atoms with Gasteiger partial charge in [0.15, 0.2) is 0 Å². The zero-order valence-electron chi connectivity index (χ0n) is 13.5. The molecule has 7 nitrogen and oxygen atoms in total. The molecular weight excluding hydrogens is 320 g/mol. The van der Waals surface area contributed by atoms with Crippen LogP contribution in [0.15, 0.2) is 53.8 Å². The molecule has 0 bridgehead atoms. The number of hydrogen-bond acceptors (Lipinski definition) is 5. The van der Waals surface area contributed by atoms with Crippen molar-refractivity contribution in [3.8, 4) is 5.75 Å². The predicted molar refractivity (Wildman–Crippen MR) is 94.5 cm³/mol. The summed E-state index contributed by atoms with van der Waals surface area (Å²) in [6, 6.07) is 11.0. The monoisotopic (exact) mass is 338 g/mol. The third kappa shape index (κ3) is 3.60. The fraction of sp³-hybridized carbons (Fsp3) is 0.167. The lowest BCUT2D eigenvalue weighted by Crippen LogP contribution is -2.26. The van der Waals surface area contributed by atoms with E-state index in [9.17, 15) is 14.7 Å². The van der Waals surface area contributed by atoms with Crippen molar-refractivity contribution in [2.45, 2.75) is 12.8 Å². The number of phenolic OH excluding ortho intramolecular Hbond substituents is 1. The Morgan fingerprint density at radius 3 is 2.84 bits per heavy atom. The molecule has 25 heavy (non-hydrogen) atoms. The number of nitrogens with one attached hydrogen (secondary N) is 3. The minimum absolute atomic E-state index is 0.0849. The molecule has 3 rings (SSSR count). The van der Waals surface area contributed by atoms with E-state index in [-0.39, 0.29) is 24.0 Å². The van der Waals surface area contributed by atoms with Crippen molar-refractivity contribution >= 4 is 28.8 Å². The molecular formula is C18H18N4O3. The number of hydrogen-bond donors (Lipinski definition) is 4. The first kappa shape index (κ1) is 16.5. The highest BCUT2D eigenvalue weighted by molar-refractivity contribution is 6.02. The Balaban J connectivity index is 1.62. The van der Waals surface area contributed by atoms with Gasteiger partial charge in [-0.2, -0.15) is 5.10 Å². The van der Waals surface area contributed by atoms with Gasteiger partial charge in [-0.15, -0.1) is 0 Å². The first-order valence-corrected chi connectivity index (χ1v) is 7.83. The summed E-state index contributed by atoms with van der Waals surface area (Å²) in [6.45, 7) is 3.72. The second kappa shape index (κ2) is 7.04. The fourth-order valence-corrected chi connectivity index (χ4v) is 2.70. The summed E-state index contributed by atoms with van der Waals surface area (Å²) in [6.07, 6.45) is 1.90. The topological polar surface area (TPSA) is 103 Å². The third-order valence-corrected chi connectivity index (χ3v) is 4.07. The van der Waals surface area contributed by atoms with Crippen LogP contribution < -0.4 is 16.3 Å². The second-order valence-electron chi connectivity index (χ2n) is 5.74. The molecule has 0 aromatic heterocycles. The van der Waals surface area contributed by atoms with Crippen molar-refractivity contribution in [1.82, 2.24) is 16.3 Å². The Kier molecular flexibility index (Phi) is 4.65. The minimum atomic E-state index is -0.420. The summed E-state index contributed by atoms with van der Waals surface area (Å²) in [7, 11) is 0. The van der Waals surface area contributed by atoms with Crippen LogP contribution in [0.4, 0.5) is 0 Å². The molecule has 0 radical (unpaired) electrons. The number of benzene rings is 2. The molecule has 0 aliphatic carbocycles. The molecule has 1 atom stereocenters. The van der Waals surface area contributed by atoms with E-state index in [1.807, 2.05) is 30.3 Å². The highest BCUT2D eigenvalue weighted by Gasteiger charge is 2.28. The quantitative estimate of drug-likeness (QED) is 0.490. The van der Waals surface area contributed by atoms with Crippen molar-refractivity contribution in [3.05, 3.63) is 54.2 Å². The van der Waals surface area contributed by atoms with Crippen LogP contribution >= 0.6 is 0 Å². The number of carbonyl (C=O) groups excluding carboxylic acids is 2. The van der Waals surface area contributed by atoms with E-state index in [4.69, 9.17) is 0 Å². The highest BCUT2D eigenvalue weighted by Crippen LogP contribution is 2.25. The van der Waals surface area contributed by atoms with Crippen molar-refractivity contribution < 1.29 is 14.7 Å². The maximum absolute atomic E-state index is 11.9. The number of nitrogens with zero attached hydrogens (tertiary/aromatic N) is 1. The zero-order valence-corrected chi connectivity index (χ0v) is 13.5. The molecule has 1 heterocycles. The molecule has 4 N–H and O–H groups in total. The van der Waals surface area contributed by atoms with Crippen LogP contribution in [0.25, 0.3) is 10.8 Å². The van der Waals surface area contributed by atoms with E-state index in [2.05, 4.69) is 28.0 Å². The van der Waals surface area contributed by atoms with Gasteiger partial charge in [0.25, 0.3) is 0 Å². The van der Waals surface area contributed by atoms with Crippen molar-refractivity contribution in [3.63, 3.8) is 0 Å². The molecule has 2 aromatic rings. The van der Waals surface area contributed by atoms with Gasteiger partial charge in [0.2, 0.25) is 11.8 Å². The number of fused-ring (bicyclic) bond motifs is 1. The summed E-state index contributed by atoms with van der Waals surface area (Å²) < 4.78 is 0. The maximum atomic E-state index is 11.9. The third-order valence-electron chi connectivity index (χ3n) is 4.07. The minimum Gasteiger partial charge on any atom is -0.507 e.